The van der Waals surface area contributed by atoms with Gasteiger partial charge in [-0.1, -0.05) is 60.2 Å². The number of nitrogens with one attached hydrogen (secondary N) is 1. The second kappa shape index (κ2) is 7.41. The van der Waals surface area contributed by atoms with Gasteiger partial charge in [0, 0.05) is 19.0 Å². The molecule has 0 radical (unpaired) electrons. The lowest BCUT2D eigenvalue weighted by atomic mass is 10.1. The van der Waals surface area contributed by atoms with E-state index in [9.17, 15) is 9.59 Å². The van der Waals surface area contributed by atoms with Crippen molar-refractivity contribution in [2.24, 2.45) is 0 Å². The number of esters is 1. The summed E-state index contributed by atoms with van der Waals surface area (Å²) in [6.07, 6.45) is -0.929. The lowest BCUT2D eigenvalue weighted by Crippen LogP contribution is -2.31. The molecular weight excluding hydrogens is 278 g/mol. The predicted octanol–water partition coefficient (Wildman–Crippen LogP) is 2.92. The smallest absolute Gasteiger partial charge is 0.303 e. The number of carbonyl (C=O) groups is 2. The standard InChI is InChI=1S/C18H19NO3/c1-13-8-10-16(11-9-13)17(22-14(2)20)18(21)19-12-15-6-4-3-5-7-15/h3-11,17H,12H2,1-2H3,(H,19,21). The quantitative estimate of drug-likeness (QED) is 0.863. The largest absolute Gasteiger partial charge is 0.447 e. The van der Waals surface area contributed by atoms with Gasteiger partial charge in [-0.3, -0.25) is 9.59 Å². The number of hydrogen-bond donors (Lipinski definition) is 1. The molecule has 114 valence electrons. The van der Waals surface area contributed by atoms with Crippen LogP contribution in [0.2, 0.25) is 0 Å². The monoisotopic (exact) mass is 297 g/mol. The fourth-order valence-corrected chi connectivity index (χ4v) is 2.06. The Morgan fingerprint density at radius 1 is 1.05 bits per heavy atom. The molecule has 22 heavy (non-hydrogen) atoms. The molecule has 0 saturated heterocycles. The minimum absolute atomic E-state index is 0.331. The zero-order valence-corrected chi connectivity index (χ0v) is 12.7. The maximum atomic E-state index is 12.3. The minimum atomic E-state index is -0.929. The highest BCUT2D eigenvalue weighted by molar-refractivity contribution is 5.84. The van der Waals surface area contributed by atoms with E-state index in [-0.39, 0.29) is 5.91 Å². The van der Waals surface area contributed by atoms with E-state index in [4.69, 9.17) is 4.74 Å². The van der Waals surface area contributed by atoms with Crippen LogP contribution in [0, 0.1) is 6.92 Å². The van der Waals surface area contributed by atoms with Crippen LogP contribution in [0.5, 0.6) is 0 Å². The Morgan fingerprint density at radius 3 is 2.27 bits per heavy atom. The van der Waals surface area contributed by atoms with Gasteiger partial charge in [0.25, 0.3) is 5.91 Å². The van der Waals surface area contributed by atoms with Gasteiger partial charge >= 0.3 is 5.97 Å². The summed E-state index contributed by atoms with van der Waals surface area (Å²) < 4.78 is 5.18. The molecule has 0 aliphatic heterocycles. The van der Waals surface area contributed by atoms with Crippen molar-refractivity contribution in [1.29, 1.82) is 0 Å². The summed E-state index contributed by atoms with van der Waals surface area (Å²) in [4.78, 5) is 23.6. The van der Waals surface area contributed by atoms with Gasteiger partial charge in [-0.15, -0.1) is 0 Å². The number of carbonyl (C=O) groups excluding carboxylic acids is 2. The van der Waals surface area contributed by atoms with Crippen LogP contribution >= 0.6 is 0 Å². The Balaban J connectivity index is 2.09. The van der Waals surface area contributed by atoms with Gasteiger partial charge < -0.3 is 10.1 Å². The third-order valence-electron chi connectivity index (χ3n) is 3.21. The molecule has 1 N–H and O–H groups in total. The van der Waals surface area contributed by atoms with E-state index in [1.807, 2.05) is 49.4 Å². The highest BCUT2D eigenvalue weighted by atomic mass is 16.5. The van der Waals surface area contributed by atoms with E-state index < -0.39 is 12.1 Å². The number of ether oxygens (including phenoxy) is 1. The molecule has 0 bridgehead atoms. The van der Waals surface area contributed by atoms with Gasteiger partial charge in [-0.05, 0) is 12.5 Å². The molecule has 1 unspecified atom stereocenters. The summed E-state index contributed by atoms with van der Waals surface area (Å²) >= 11 is 0. The molecule has 0 spiro atoms. The summed E-state index contributed by atoms with van der Waals surface area (Å²) in [6, 6.07) is 16.9. The first-order chi connectivity index (χ1) is 10.6. The van der Waals surface area contributed by atoms with Crippen LogP contribution in [0.1, 0.15) is 29.7 Å². The number of hydrogen-bond acceptors (Lipinski definition) is 3. The van der Waals surface area contributed by atoms with Gasteiger partial charge in [-0.25, -0.2) is 0 Å². The van der Waals surface area contributed by atoms with Crippen LogP contribution in [0.3, 0.4) is 0 Å². The van der Waals surface area contributed by atoms with E-state index in [1.165, 1.54) is 6.92 Å². The lowest BCUT2D eigenvalue weighted by molar-refractivity contribution is -0.154. The average Bonchev–Trinajstić information content (AvgIpc) is 2.52. The van der Waals surface area contributed by atoms with Crippen molar-refractivity contribution in [3.63, 3.8) is 0 Å². The zero-order chi connectivity index (χ0) is 15.9. The maximum absolute atomic E-state index is 12.3. The Bertz CT molecular complexity index is 635. The molecule has 0 fully saturated rings. The molecule has 0 aliphatic rings. The highest BCUT2D eigenvalue weighted by Gasteiger charge is 2.23. The number of rotatable bonds is 5. The molecule has 1 atom stereocenters. The molecular formula is C18H19NO3. The van der Waals surface area contributed by atoms with Crippen molar-refractivity contribution in [1.82, 2.24) is 5.32 Å². The molecule has 2 aromatic carbocycles. The van der Waals surface area contributed by atoms with Crippen molar-refractivity contribution in [3.05, 3.63) is 71.3 Å². The van der Waals surface area contributed by atoms with Crippen LogP contribution in [0.25, 0.3) is 0 Å². The molecule has 2 rings (SSSR count). The molecule has 0 aliphatic carbocycles. The first kappa shape index (κ1) is 15.8. The second-order valence-electron chi connectivity index (χ2n) is 5.10. The summed E-state index contributed by atoms with van der Waals surface area (Å²) in [7, 11) is 0. The topological polar surface area (TPSA) is 55.4 Å². The summed E-state index contributed by atoms with van der Waals surface area (Å²) in [5.41, 5.74) is 2.72. The van der Waals surface area contributed by atoms with Gasteiger partial charge in [0.2, 0.25) is 6.10 Å². The third-order valence-corrected chi connectivity index (χ3v) is 3.21. The number of amides is 1. The van der Waals surface area contributed by atoms with Gasteiger partial charge in [-0.2, -0.15) is 0 Å². The molecule has 4 nitrogen and oxygen atoms in total. The van der Waals surface area contributed by atoms with E-state index in [2.05, 4.69) is 5.32 Å². The first-order valence-electron chi connectivity index (χ1n) is 7.11. The highest BCUT2D eigenvalue weighted by Crippen LogP contribution is 2.19. The Morgan fingerprint density at radius 2 is 1.68 bits per heavy atom. The number of benzene rings is 2. The van der Waals surface area contributed by atoms with Crippen LogP contribution in [-0.2, 0) is 20.9 Å². The number of aryl methyl sites for hydroxylation is 1. The second-order valence-corrected chi connectivity index (χ2v) is 5.10. The van der Waals surface area contributed by atoms with Crippen LogP contribution in [0.15, 0.2) is 54.6 Å². The Kier molecular flexibility index (Phi) is 5.31. The van der Waals surface area contributed by atoms with Gasteiger partial charge in [0.05, 0.1) is 0 Å². The van der Waals surface area contributed by atoms with E-state index in [0.29, 0.717) is 12.1 Å². The molecule has 4 heteroatoms. The fraction of sp³-hybridized carbons (Fsp3) is 0.222. The van der Waals surface area contributed by atoms with Crippen molar-refractivity contribution in [2.45, 2.75) is 26.5 Å². The van der Waals surface area contributed by atoms with E-state index >= 15 is 0 Å². The third kappa shape index (κ3) is 4.45. The molecule has 0 saturated carbocycles. The normalized spacial score (nSPS) is 11.5. The summed E-state index contributed by atoms with van der Waals surface area (Å²) in [6.45, 7) is 3.65. The average molecular weight is 297 g/mol. The van der Waals surface area contributed by atoms with Gasteiger partial charge in [0.15, 0.2) is 0 Å². The van der Waals surface area contributed by atoms with Crippen molar-refractivity contribution in [2.75, 3.05) is 0 Å². The van der Waals surface area contributed by atoms with Crippen LogP contribution in [-0.4, -0.2) is 11.9 Å². The Hall–Kier alpha value is -2.62. The predicted molar refractivity (Wildman–Crippen MR) is 84.0 cm³/mol. The lowest BCUT2D eigenvalue weighted by Gasteiger charge is -2.17. The fourth-order valence-electron chi connectivity index (χ4n) is 2.06. The first-order valence-corrected chi connectivity index (χ1v) is 7.11. The molecule has 0 heterocycles. The van der Waals surface area contributed by atoms with Gasteiger partial charge in [0.1, 0.15) is 0 Å². The maximum Gasteiger partial charge on any atom is 0.303 e. The summed E-state index contributed by atoms with van der Waals surface area (Å²) in [5.74, 6) is -0.816. The van der Waals surface area contributed by atoms with E-state index in [1.54, 1.807) is 12.1 Å². The molecule has 1 amide bonds. The van der Waals surface area contributed by atoms with Crippen LogP contribution in [0.4, 0.5) is 0 Å². The molecule has 2 aromatic rings. The van der Waals surface area contributed by atoms with Crippen LogP contribution < -0.4 is 5.32 Å². The van der Waals surface area contributed by atoms with E-state index in [0.717, 1.165) is 11.1 Å². The Labute approximate surface area is 130 Å². The van der Waals surface area contributed by atoms with Crippen molar-refractivity contribution >= 4 is 11.9 Å². The van der Waals surface area contributed by atoms with Crippen molar-refractivity contribution < 1.29 is 14.3 Å². The minimum Gasteiger partial charge on any atom is -0.447 e. The van der Waals surface area contributed by atoms with Crippen molar-refractivity contribution in [3.8, 4) is 0 Å². The zero-order valence-electron chi connectivity index (χ0n) is 12.7. The summed E-state index contributed by atoms with van der Waals surface area (Å²) in [5, 5.41) is 2.80. The molecule has 0 aromatic heterocycles. The SMILES string of the molecule is CC(=O)OC(C(=O)NCc1ccccc1)c1ccc(C)cc1.